The molecule has 0 radical (unpaired) electrons. The number of nitrogens with two attached hydrogens (primary N) is 1. The van der Waals surface area contributed by atoms with E-state index in [1.807, 2.05) is 19.1 Å². The topological polar surface area (TPSA) is 75.9 Å². The Labute approximate surface area is 106 Å². The smallest absolute Gasteiger partial charge is 0.148 e. The minimum absolute atomic E-state index is 0.655. The van der Waals surface area contributed by atoms with Gasteiger partial charge in [-0.1, -0.05) is 24.6 Å². The Bertz CT molecular complexity index is 521. The highest BCUT2D eigenvalue weighted by Gasteiger charge is 2.08. The van der Waals surface area contributed by atoms with Gasteiger partial charge in [0.25, 0.3) is 0 Å². The Morgan fingerprint density at radius 2 is 1.78 bits per heavy atom. The van der Waals surface area contributed by atoms with Crippen molar-refractivity contribution in [2.45, 2.75) is 20.3 Å². The Hall–Kier alpha value is -2.14. The molecule has 1 heterocycles. The molecule has 1 aromatic heterocycles. The molecule has 0 saturated heterocycles. The molecule has 0 aliphatic carbocycles. The summed E-state index contributed by atoms with van der Waals surface area (Å²) >= 11 is 0. The molecule has 0 aliphatic rings. The van der Waals surface area contributed by atoms with E-state index in [0.717, 1.165) is 23.5 Å². The summed E-state index contributed by atoms with van der Waals surface area (Å²) < 4.78 is 0. The molecule has 0 atom stereocenters. The van der Waals surface area contributed by atoms with Crippen LogP contribution in [0.3, 0.4) is 0 Å². The zero-order valence-electron chi connectivity index (χ0n) is 10.6. The molecule has 5 nitrogen and oxygen atoms in total. The van der Waals surface area contributed by atoms with E-state index in [1.54, 1.807) is 0 Å². The average Bonchev–Trinajstić information content (AvgIpc) is 2.41. The molecule has 0 aliphatic heterocycles. The summed E-state index contributed by atoms with van der Waals surface area (Å²) in [6.45, 7) is 4.10. The van der Waals surface area contributed by atoms with E-state index in [-0.39, 0.29) is 0 Å². The van der Waals surface area contributed by atoms with Crippen LogP contribution in [0.5, 0.6) is 0 Å². The average molecular weight is 243 g/mol. The lowest BCUT2D eigenvalue weighted by molar-refractivity contribution is 1.04. The molecule has 2 aromatic rings. The molecule has 0 fully saturated rings. The van der Waals surface area contributed by atoms with Crippen LogP contribution in [0.15, 0.2) is 30.6 Å². The van der Waals surface area contributed by atoms with Gasteiger partial charge in [-0.2, -0.15) is 0 Å². The number of nitrogens with one attached hydrogen (secondary N) is 2. The predicted molar refractivity (Wildman–Crippen MR) is 73.7 cm³/mol. The highest BCUT2D eigenvalue weighted by atomic mass is 15.3. The number of nitrogen functional groups attached to an aromatic ring is 1. The first-order valence-corrected chi connectivity index (χ1v) is 5.88. The summed E-state index contributed by atoms with van der Waals surface area (Å²) in [5, 5.41) is 3.28. The Balaban J connectivity index is 2.31. The van der Waals surface area contributed by atoms with Crippen molar-refractivity contribution in [3.63, 3.8) is 0 Å². The first-order valence-electron chi connectivity index (χ1n) is 5.88. The zero-order valence-corrected chi connectivity index (χ0v) is 10.6. The molecule has 1 aromatic carbocycles. The number of rotatable bonds is 4. The fourth-order valence-corrected chi connectivity index (χ4v) is 1.75. The minimum Gasteiger partial charge on any atom is -0.340 e. The highest BCUT2D eigenvalue weighted by molar-refractivity contribution is 5.64. The summed E-state index contributed by atoms with van der Waals surface area (Å²) in [4.78, 5) is 8.36. The molecule has 0 unspecified atom stereocenters. The first-order chi connectivity index (χ1) is 8.74. The normalized spacial score (nSPS) is 10.2. The van der Waals surface area contributed by atoms with E-state index >= 15 is 0 Å². The van der Waals surface area contributed by atoms with Gasteiger partial charge in [0, 0.05) is 11.3 Å². The van der Waals surface area contributed by atoms with Crippen LogP contribution < -0.4 is 16.6 Å². The van der Waals surface area contributed by atoms with Crippen LogP contribution in [0.1, 0.15) is 18.1 Å². The van der Waals surface area contributed by atoms with Crippen molar-refractivity contribution in [3.8, 4) is 0 Å². The third-order valence-corrected chi connectivity index (χ3v) is 2.75. The quantitative estimate of drug-likeness (QED) is 0.568. The third-order valence-electron chi connectivity index (χ3n) is 2.75. The lowest BCUT2D eigenvalue weighted by Gasteiger charge is -2.12. The molecule has 0 saturated carbocycles. The van der Waals surface area contributed by atoms with E-state index in [4.69, 9.17) is 5.84 Å². The van der Waals surface area contributed by atoms with Crippen LogP contribution in [-0.4, -0.2) is 9.97 Å². The van der Waals surface area contributed by atoms with Crippen molar-refractivity contribution >= 4 is 17.3 Å². The molecule has 0 amide bonds. The van der Waals surface area contributed by atoms with Gasteiger partial charge in [0.05, 0.1) is 0 Å². The lowest BCUT2D eigenvalue weighted by atomic mass is 10.2. The van der Waals surface area contributed by atoms with Crippen molar-refractivity contribution in [1.82, 2.24) is 9.97 Å². The van der Waals surface area contributed by atoms with Crippen LogP contribution in [0.4, 0.5) is 17.3 Å². The predicted octanol–water partition coefficient (Wildman–Crippen LogP) is 2.38. The SMILES string of the molecule is CCc1c(NN)ncnc1Nc1ccc(C)cc1. The molecular weight excluding hydrogens is 226 g/mol. The molecule has 18 heavy (non-hydrogen) atoms. The van der Waals surface area contributed by atoms with Crippen molar-refractivity contribution in [3.05, 3.63) is 41.7 Å². The van der Waals surface area contributed by atoms with Gasteiger partial charge < -0.3 is 10.7 Å². The van der Waals surface area contributed by atoms with E-state index < -0.39 is 0 Å². The Morgan fingerprint density at radius 3 is 2.39 bits per heavy atom. The van der Waals surface area contributed by atoms with Crippen molar-refractivity contribution in [1.29, 1.82) is 0 Å². The number of hydrogen-bond acceptors (Lipinski definition) is 5. The maximum Gasteiger partial charge on any atom is 0.148 e. The summed E-state index contributed by atoms with van der Waals surface area (Å²) in [5.74, 6) is 6.88. The van der Waals surface area contributed by atoms with Gasteiger partial charge in [-0.25, -0.2) is 15.8 Å². The van der Waals surface area contributed by atoms with Crippen LogP contribution in [0.2, 0.25) is 0 Å². The van der Waals surface area contributed by atoms with Gasteiger partial charge in [-0.05, 0) is 25.5 Å². The highest BCUT2D eigenvalue weighted by Crippen LogP contribution is 2.23. The fraction of sp³-hybridized carbons (Fsp3) is 0.231. The Morgan fingerprint density at radius 1 is 1.11 bits per heavy atom. The van der Waals surface area contributed by atoms with E-state index in [1.165, 1.54) is 11.9 Å². The zero-order chi connectivity index (χ0) is 13.0. The van der Waals surface area contributed by atoms with Gasteiger partial charge in [0.15, 0.2) is 0 Å². The summed E-state index contributed by atoms with van der Waals surface area (Å²) in [6, 6.07) is 8.15. The number of hydrazine groups is 1. The van der Waals surface area contributed by atoms with E-state index in [0.29, 0.717) is 5.82 Å². The molecule has 5 heteroatoms. The van der Waals surface area contributed by atoms with Gasteiger partial charge in [-0.15, -0.1) is 0 Å². The number of benzene rings is 1. The summed E-state index contributed by atoms with van der Waals surface area (Å²) in [7, 11) is 0. The second-order valence-corrected chi connectivity index (χ2v) is 4.04. The number of anilines is 3. The monoisotopic (exact) mass is 243 g/mol. The second kappa shape index (κ2) is 5.46. The van der Waals surface area contributed by atoms with Gasteiger partial charge in [-0.3, -0.25) is 0 Å². The first kappa shape index (κ1) is 12.3. The van der Waals surface area contributed by atoms with Crippen molar-refractivity contribution in [2.75, 3.05) is 10.7 Å². The molecule has 0 spiro atoms. The van der Waals surface area contributed by atoms with Crippen LogP contribution in [-0.2, 0) is 6.42 Å². The maximum atomic E-state index is 5.44. The van der Waals surface area contributed by atoms with Gasteiger partial charge >= 0.3 is 0 Å². The fourth-order valence-electron chi connectivity index (χ4n) is 1.75. The largest absolute Gasteiger partial charge is 0.340 e. The van der Waals surface area contributed by atoms with Crippen LogP contribution in [0, 0.1) is 6.92 Å². The number of nitrogens with zero attached hydrogens (tertiary/aromatic N) is 2. The molecular formula is C13H17N5. The number of aryl methyl sites for hydroxylation is 1. The van der Waals surface area contributed by atoms with Crippen molar-refractivity contribution < 1.29 is 0 Å². The number of hydrogen-bond donors (Lipinski definition) is 3. The maximum absolute atomic E-state index is 5.44. The third kappa shape index (κ3) is 2.57. The standard InChI is InChI=1S/C13H17N5/c1-3-11-12(15-8-16-13(11)18-14)17-10-6-4-9(2)5-7-10/h4-8H,3,14H2,1-2H3,(H2,15,16,17,18). The van der Waals surface area contributed by atoms with Crippen molar-refractivity contribution in [2.24, 2.45) is 5.84 Å². The van der Waals surface area contributed by atoms with Gasteiger partial charge in [0.1, 0.15) is 18.0 Å². The summed E-state index contributed by atoms with van der Waals surface area (Å²) in [6.07, 6.45) is 2.29. The van der Waals surface area contributed by atoms with Crippen LogP contribution in [0.25, 0.3) is 0 Å². The van der Waals surface area contributed by atoms with E-state index in [9.17, 15) is 0 Å². The molecule has 94 valence electrons. The van der Waals surface area contributed by atoms with Gasteiger partial charge in [0.2, 0.25) is 0 Å². The summed E-state index contributed by atoms with van der Waals surface area (Å²) in [5.41, 5.74) is 5.79. The van der Waals surface area contributed by atoms with E-state index in [2.05, 4.69) is 39.8 Å². The number of aromatic nitrogens is 2. The molecule has 0 bridgehead atoms. The second-order valence-electron chi connectivity index (χ2n) is 4.04. The minimum atomic E-state index is 0.655. The molecule has 2 rings (SSSR count). The molecule has 4 N–H and O–H groups in total. The van der Waals surface area contributed by atoms with Crippen LogP contribution >= 0.6 is 0 Å². The lowest BCUT2D eigenvalue weighted by Crippen LogP contribution is -2.13. The Kier molecular flexibility index (Phi) is 3.74.